The molecule has 5 heteroatoms. The SMILES string of the molecule is COC(CNC(=O)/C=C/c1cccc(C)c1)C(=O)O. The average Bonchev–Trinajstić information content (AvgIpc) is 2.37. The van der Waals surface area contributed by atoms with Gasteiger partial charge < -0.3 is 15.2 Å². The van der Waals surface area contributed by atoms with Gasteiger partial charge in [-0.05, 0) is 18.6 Å². The van der Waals surface area contributed by atoms with Gasteiger partial charge in [-0.15, -0.1) is 0 Å². The number of benzene rings is 1. The van der Waals surface area contributed by atoms with Crippen molar-refractivity contribution in [3.8, 4) is 0 Å². The maximum atomic E-state index is 11.5. The Hall–Kier alpha value is -2.14. The first-order valence-corrected chi connectivity index (χ1v) is 5.81. The number of methoxy groups -OCH3 is 1. The lowest BCUT2D eigenvalue weighted by Crippen LogP contribution is -2.37. The largest absolute Gasteiger partial charge is 0.479 e. The predicted octanol–water partition coefficient (Wildman–Crippen LogP) is 1.22. The van der Waals surface area contributed by atoms with Crippen LogP contribution in [0.25, 0.3) is 6.08 Å². The van der Waals surface area contributed by atoms with E-state index < -0.39 is 12.1 Å². The molecule has 0 saturated heterocycles. The lowest BCUT2D eigenvalue weighted by atomic mass is 10.1. The van der Waals surface area contributed by atoms with E-state index in [2.05, 4.69) is 5.32 Å². The normalized spacial score (nSPS) is 12.3. The van der Waals surface area contributed by atoms with E-state index in [4.69, 9.17) is 9.84 Å². The molecule has 2 N–H and O–H groups in total. The summed E-state index contributed by atoms with van der Waals surface area (Å²) >= 11 is 0. The van der Waals surface area contributed by atoms with Crippen LogP contribution in [-0.2, 0) is 14.3 Å². The fraction of sp³-hybridized carbons (Fsp3) is 0.286. The van der Waals surface area contributed by atoms with Crippen LogP contribution in [0.5, 0.6) is 0 Å². The molecular weight excluding hydrogens is 246 g/mol. The van der Waals surface area contributed by atoms with Crippen LogP contribution in [0.3, 0.4) is 0 Å². The summed E-state index contributed by atoms with van der Waals surface area (Å²) in [7, 11) is 1.29. The number of carboxylic acid groups (broad SMARTS) is 1. The second-order valence-electron chi connectivity index (χ2n) is 4.06. The second-order valence-corrected chi connectivity index (χ2v) is 4.06. The maximum Gasteiger partial charge on any atom is 0.334 e. The van der Waals surface area contributed by atoms with Crippen LogP contribution in [0.1, 0.15) is 11.1 Å². The molecular formula is C14H17NO4. The van der Waals surface area contributed by atoms with Crippen LogP contribution in [0.4, 0.5) is 0 Å². The van der Waals surface area contributed by atoms with Gasteiger partial charge >= 0.3 is 5.97 Å². The van der Waals surface area contributed by atoms with E-state index in [1.165, 1.54) is 13.2 Å². The zero-order valence-electron chi connectivity index (χ0n) is 10.9. The molecule has 0 saturated carbocycles. The van der Waals surface area contributed by atoms with Gasteiger partial charge in [0.25, 0.3) is 0 Å². The van der Waals surface area contributed by atoms with E-state index in [0.717, 1.165) is 11.1 Å². The van der Waals surface area contributed by atoms with Crippen molar-refractivity contribution >= 4 is 18.0 Å². The molecule has 0 bridgehead atoms. The highest BCUT2D eigenvalue weighted by atomic mass is 16.5. The monoisotopic (exact) mass is 263 g/mol. The summed E-state index contributed by atoms with van der Waals surface area (Å²) in [6.07, 6.45) is 2.00. The molecule has 0 heterocycles. The highest BCUT2D eigenvalue weighted by Gasteiger charge is 2.16. The van der Waals surface area contributed by atoms with Crippen LogP contribution in [0.15, 0.2) is 30.3 Å². The Morgan fingerprint density at radius 2 is 2.21 bits per heavy atom. The minimum Gasteiger partial charge on any atom is -0.479 e. The van der Waals surface area contributed by atoms with Gasteiger partial charge in [0.15, 0.2) is 6.10 Å². The van der Waals surface area contributed by atoms with E-state index in [0.29, 0.717) is 0 Å². The molecule has 0 aliphatic rings. The number of carboxylic acids is 1. The summed E-state index contributed by atoms with van der Waals surface area (Å²) in [6, 6.07) is 7.69. The second kappa shape index (κ2) is 7.33. The Bertz CT molecular complexity index is 482. The molecule has 1 rings (SSSR count). The molecule has 1 aromatic rings. The average molecular weight is 263 g/mol. The number of hydrogen-bond acceptors (Lipinski definition) is 3. The number of carbonyl (C=O) groups excluding carboxylic acids is 1. The molecule has 1 aromatic carbocycles. The number of hydrogen-bond donors (Lipinski definition) is 2. The van der Waals surface area contributed by atoms with E-state index >= 15 is 0 Å². The van der Waals surface area contributed by atoms with Crippen molar-refractivity contribution in [1.82, 2.24) is 5.32 Å². The first-order chi connectivity index (χ1) is 9.02. The third-order valence-electron chi connectivity index (χ3n) is 2.49. The standard InChI is InChI=1S/C14H17NO4/c1-10-4-3-5-11(8-10)6-7-13(16)15-9-12(19-2)14(17)18/h3-8,12H,9H2,1-2H3,(H,15,16)(H,17,18)/b7-6+. The van der Waals surface area contributed by atoms with Crippen LogP contribution in [0, 0.1) is 6.92 Å². The van der Waals surface area contributed by atoms with E-state index in [1.807, 2.05) is 31.2 Å². The van der Waals surface area contributed by atoms with Gasteiger partial charge in [0.2, 0.25) is 5.91 Å². The fourth-order valence-electron chi connectivity index (χ4n) is 1.47. The van der Waals surface area contributed by atoms with Crippen LogP contribution >= 0.6 is 0 Å². The van der Waals surface area contributed by atoms with Crippen molar-refractivity contribution in [2.24, 2.45) is 0 Å². The number of nitrogens with one attached hydrogen (secondary N) is 1. The first kappa shape index (κ1) is 14.9. The summed E-state index contributed by atoms with van der Waals surface area (Å²) < 4.78 is 4.70. The minimum atomic E-state index is -1.11. The highest BCUT2D eigenvalue weighted by Crippen LogP contribution is 2.05. The summed E-state index contributed by atoms with van der Waals surface area (Å²) in [5.74, 6) is -1.46. The molecule has 5 nitrogen and oxygen atoms in total. The summed E-state index contributed by atoms with van der Waals surface area (Å²) in [6.45, 7) is 1.90. The smallest absolute Gasteiger partial charge is 0.334 e. The molecule has 1 unspecified atom stereocenters. The third-order valence-corrected chi connectivity index (χ3v) is 2.49. The van der Waals surface area contributed by atoms with Gasteiger partial charge in [-0.2, -0.15) is 0 Å². The lowest BCUT2D eigenvalue weighted by molar-refractivity contribution is -0.148. The molecule has 0 fully saturated rings. The van der Waals surface area contributed by atoms with Gasteiger partial charge in [0.05, 0.1) is 6.54 Å². The summed E-state index contributed by atoms with van der Waals surface area (Å²) in [4.78, 5) is 22.2. The van der Waals surface area contributed by atoms with Crippen molar-refractivity contribution in [2.45, 2.75) is 13.0 Å². The summed E-state index contributed by atoms with van der Waals surface area (Å²) in [5.41, 5.74) is 2.02. The van der Waals surface area contributed by atoms with Crippen molar-refractivity contribution in [3.63, 3.8) is 0 Å². The Balaban J connectivity index is 2.49. The number of aliphatic carboxylic acids is 1. The molecule has 19 heavy (non-hydrogen) atoms. The van der Waals surface area contributed by atoms with Crippen LogP contribution in [-0.4, -0.2) is 36.7 Å². The predicted molar refractivity (Wildman–Crippen MR) is 71.7 cm³/mol. The van der Waals surface area contributed by atoms with Gasteiger partial charge in [-0.25, -0.2) is 4.79 Å². The molecule has 0 spiro atoms. The molecule has 102 valence electrons. The van der Waals surface area contributed by atoms with Gasteiger partial charge in [0, 0.05) is 13.2 Å². The van der Waals surface area contributed by atoms with Crippen molar-refractivity contribution in [2.75, 3.05) is 13.7 Å². The molecule has 1 atom stereocenters. The van der Waals surface area contributed by atoms with Gasteiger partial charge in [-0.3, -0.25) is 4.79 Å². The Labute approximate surface area is 111 Å². The van der Waals surface area contributed by atoms with Crippen molar-refractivity contribution in [3.05, 3.63) is 41.5 Å². The van der Waals surface area contributed by atoms with E-state index in [9.17, 15) is 9.59 Å². The number of carbonyl (C=O) groups is 2. The molecule has 0 aliphatic heterocycles. The molecule has 0 aromatic heterocycles. The lowest BCUT2D eigenvalue weighted by Gasteiger charge is -2.10. The topological polar surface area (TPSA) is 75.6 Å². The minimum absolute atomic E-state index is 0.0666. The number of amides is 1. The van der Waals surface area contributed by atoms with Crippen LogP contribution in [0.2, 0.25) is 0 Å². The molecule has 1 amide bonds. The van der Waals surface area contributed by atoms with Crippen LogP contribution < -0.4 is 5.32 Å². The number of rotatable bonds is 6. The maximum absolute atomic E-state index is 11.5. The fourth-order valence-corrected chi connectivity index (χ4v) is 1.47. The van der Waals surface area contributed by atoms with Crippen molar-refractivity contribution < 1.29 is 19.4 Å². The zero-order valence-corrected chi connectivity index (χ0v) is 10.9. The highest BCUT2D eigenvalue weighted by molar-refractivity contribution is 5.92. The van der Waals surface area contributed by atoms with Crippen molar-refractivity contribution in [1.29, 1.82) is 0 Å². The number of ether oxygens (including phenoxy) is 1. The summed E-state index contributed by atoms with van der Waals surface area (Å²) in [5, 5.41) is 11.2. The quantitative estimate of drug-likeness (QED) is 0.757. The molecule has 0 radical (unpaired) electrons. The molecule has 0 aliphatic carbocycles. The van der Waals surface area contributed by atoms with Gasteiger partial charge in [0.1, 0.15) is 0 Å². The van der Waals surface area contributed by atoms with E-state index in [-0.39, 0.29) is 12.5 Å². The van der Waals surface area contributed by atoms with Gasteiger partial charge in [-0.1, -0.05) is 29.8 Å². The third kappa shape index (κ3) is 5.35. The first-order valence-electron chi connectivity index (χ1n) is 5.81. The Morgan fingerprint density at radius 1 is 1.47 bits per heavy atom. The zero-order chi connectivity index (χ0) is 14.3. The van der Waals surface area contributed by atoms with E-state index in [1.54, 1.807) is 6.08 Å². The Kier molecular flexibility index (Phi) is 5.75. The number of aryl methyl sites for hydroxylation is 1. The Morgan fingerprint density at radius 3 is 2.79 bits per heavy atom.